The molecule has 282 valence electrons. The summed E-state index contributed by atoms with van der Waals surface area (Å²) in [6.07, 6.45) is 0. The summed E-state index contributed by atoms with van der Waals surface area (Å²) in [6.45, 7) is 0. The van der Waals surface area contributed by atoms with Crippen molar-refractivity contribution >= 4 is 59.3 Å². The van der Waals surface area contributed by atoms with Crippen molar-refractivity contribution < 1.29 is 0 Å². The van der Waals surface area contributed by atoms with Crippen LogP contribution in [0.2, 0.25) is 0 Å². The summed E-state index contributed by atoms with van der Waals surface area (Å²) < 4.78 is 2.62. The molecule has 11 aromatic rings. The largest absolute Gasteiger partial charge is 0.310 e. The standard InChI is InChI=1S/C58H39NS/c1-3-17-42(18-4-1)49-24-9-10-26-53(49)57-50(43-19-5-2-6-20-43)27-15-30-55(57)59(47-36-34-41(35-37-47)45-33-32-40-16-7-8-21-44(40)38-45)48-23-13-22-46(39-48)51-28-14-29-54-52-25-11-12-31-56(52)60-58(51)54/h1-39H. The van der Waals surface area contributed by atoms with E-state index in [1.54, 1.807) is 0 Å². The lowest BCUT2D eigenvalue weighted by Gasteiger charge is -2.30. The van der Waals surface area contributed by atoms with Gasteiger partial charge in [0.2, 0.25) is 0 Å². The quantitative estimate of drug-likeness (QED) is 0.148. The van der Waals surface area contributed by atoms with Gasteiger partial charge < -0.3 is 4.90 Å². The van der Waals surface area contributed by atoms with Gasteiger partial charge in [0.15, 0.2) is 0 Å². The Kier molecular flexibility index (Phi) is 9.11. The predicted octanol–water partition coefficient (Wildman–Crippen LogP) is 17.0. The van der Waals surface area contributed by atoms with Crippen LogP contribution in [0.3, 0.4) is 0 Å². The van der Waals surface area contributed by atoms with Crippen molar-refractivity contribution in [2.45, 2.75) is 0 Å². The fourth-order valence-electron chi connectivity index (χ4n) is 8.82. The molecule has 0 aliphatic heterocycles. The van der Waals surface area contributed by atoms with Crippen molar-refractivity contribution in [3.05, 3.63) is 237 Å². The van der Waals surface area contributed by atoms with Crippen molar-refractivity contribution in [3.63, 3.8) is 0 Å². The molecule has 0 bridgehead atoms. The van der Waals surface area contributed by atoms with Crippen LogP contribution in [0.15, 0.2) is 237 Å². The molecule has 10 aromatic carbocycles. The first-order valence-corrected chi connectivity index (χ1v) is 21.3. The smallest absolute Gasteiger partial charge is 0.0546 e. The van der Waals surface area contributed by atoms with Crippen molar-refractivity contribution in [2.75, 3.05) is 4.90 Å². The minimum absolute atomic E-state index is 1.08. The van der Waals surface area contributed by atoms with Gasteiger partial charge in [0, 0.05) is 37.1 Å². The van der Waals surface area contributed by atoms with Crippen molar-refractivity contribution in [2.24, 2.45) is 0 Å². The normalized spacial score (nSPS) is 11.3. The Bertz CT molecular complexity index is 3310. The van der Waals surface area contributed by atoms with Gasteiger partial charge in [0.25, 0.3) is 0 Å². The molecule has 1 aromatic heterocycles. The van der Waals surface area contributed by atoms with Crippen LogP contribution in [0.5, 0.6) is 0 Å². The third-order valence-electron chi connectivity index (χ3n) is 11.7. The van der Waals surface area contributed by atoms with E-state index in [1.165, 1.54) is 86.6 Å². The predicted molar refractivity (Wildman–Crippen MR) is 259 cm³/mol. The lowest BCUT2D eigenvalue weighted by Crippen LogP contribution is -2.12. The van der Waals surface area contributed by atoms with Crippen LogP contribution in [0.1, 0.15) is 0 Å². The van der Waals surface area contributed by atoms with Gasteiger partial charge in [-0.15, -0.1) is 11.3 Å². The Hall–Kier alpha value is -7.52. The molecule has 1 nitrogen and oxygen atoms in total. The third kappa shape index (κ3) is 6.44. The van der Waals surface area contributed by atoms with E-state index in [4.69, 9.17) is 0 Å². The monoisotopic (exact) mass is 781 g/mol. The van der Waals surface area contributed by atoms with E-state index >= 15 is 0 Å². The van der Waals surface area contributed by atoms with E-state index in [0.29, 0.717) is 0 Å². The molecule has 2 heteroatoms. The Morgan fingerprint density at radius 2 is 0.883 bits per heavy atom. The minimum Gasteiger partial charge on any atom is -0.310 e. The molecule has 1 heterocycles. The van der Waals surface area contributed by atoms with Gasteiger partial charge in [0.1, 0.15) is 0 Å². The molecule has 0 N–H and O–H groups in total. The second kappa shape index (κ2) is 15.3. The molecule has 0 unspecified atom stereocenters. The molecule has 0 spiro atoms. The fraction of sp³-hybridized carbons (Fsp3) is 0. The SMILES string of the molecule is c1ccc(-c2ccccc2-c2c(-c3ccccc3)cccc2N(c2ccc(-c3ccc4ccccc4c3)cc2)c2cccc(-c3cccc4c3sc3ccccc34)c2)cc1. The molecule has 0 amide bonds. The number of thiophene rings is 1. The number of nitrogens with zero attached hydrogens (tertiary/aromatic N) is 1. The van der Waals surface area contributed by atoms with E-state index in [0.717, 1.165) is 17.1 Å². The zero-order chi connectivity index (χ0) is 39.8. The number of hydrogen-bond acceptors (Lipinski definition) is 2. The van der Waals surface area contributed by atoms with Crippen molar-refractivity contribution in [1.29, 1.82) is 0 Å². The fourth-order valence-corrected chi connectivity index (χ4v) is 10.1. The number of rotatable bonds is 8. The van der Waals surface area contributed by atoms with Crippen LogP contribution >= 0.6 is 11.3 Å². The lowest BCUT2D eigenvalue weighted by atomic mass is 9.87. The van der Waals surface area contributed by atoms with Crippen LogP contribution in [-0.2, 0) is 0 Å². The van der Waals surface area contributed by atoms with Gasteiger partial charge in [-0.05, 0) is 103 Å². The molecule has 0 radical (unpaired) electrons. The third-order valence-corrected chi connectivity index (χ3v) is 12.9. The Labute approximate surface area is 354 Å². The molecule has 11 rings (SSSR count). The van der Waals surface area contributed by atoms with Gasteiger partial charge in [-0.3, -0.25) is 0 Å². The summed E-state index contributed by atoms with van der Waals surface area (Å²) in [5.74, 6) is 0. The van der Waals surface area contributed by atoms with E-state index in [1.807, 2.05) is 11.3 Å². The number of benzene rings is 10. The zero-order valence-corrected chi connectivity index (χ0v) is 33.7. The summed E-state index contributed by atoms with van der Waals surface area (Å²) >= 11 is 1.88. The maximum Gasteiger partial charge on any atom is 0.0546 e. The van der Waals surface area contributed by atoms with E-state index in [2.05, 4.69) is 241 Å². The Morgan fingerprint density at radius 1 is 0.300 bits per heavy atom. The Balaban J connectivity index is 1.15. The first-order valence-electron chi connectivity index (χ1n) is 20.5. The molecule has 60 heavy (non-hydrogen) atoms. The highest BCUT2D eigenvalue weighted by Crippen LogP contribution is 2.49. The van der Waals surface area contributed by atoms with Crippen LogP contribution < -0.4 is 4.90 Å². The highest BCUT2D eigenvalue weighted by Gasteiger charge is 2.23. The Morgan fingerprint density at radius 3 is 1.70 bits per heavy atom. The van der Waals surface area contributed by atoms with E-state index < -0.39 is 0 Å². The highest BCUT2D eigenvalue weighted by atomic mass is 32.1. The first kappa shape index (κ1) is 35.6. The number of anilines is 3. The number of fused-ring (bicyclic) bond motifs is 4. The van der Waals surface area contributed by atoms with Gasteiger partial charge >= 0.3 is 0 Å². The molecular formula is C58H39NS. The molecular weight excluding hydrogens is 743 g/mol. The lowest BCUT2D eigenvalue weighted by molar-refractivity contribution is 1.28. The van der Waals surface area contributed by atoms with Gasteiger partial charge in [-0.25, -0.2) is 0 Å². The minimum atomic E-state index is 1.08. The molecule has 0 saturated carbocycles. The summed E-state index contributed by atoms with van der Waals surface area (Å²) in [6, 6.07) is 86.2. The maximum atomic E-state index is 2.46. The maximum absolute atomic E-state index is 2.46. The van der Waals surface area contributed by atoms with Crippen LogP contribution in [0, 0.1) is 0 Å². The summed E-state index contributed by atoms with van der Waals surface area (Å²) in [5.41, 5.74) is 15.2. The molecule has 0 atom stereocenters. The average molecular weight is 782 g/mol. The second-order valence-electron chi connectivity index (χ2n) is 15.3. The van der Waals surface area contributed by atoms with Crippen LogP contribution in [0.25, 0.3) is 86.6 Å². The molecule has 0 aliphatic rings. The van der Waals surface area contributed by atoms with Crippen molar-refractivity contribution in [3.8, 4) is 55.6 Å². The zero-order valence-electron chi connectivity index (χ0n) is 32.9. The number of hydrogen-bond donors (Lipinski definition) is 0. The summed E-state index contributed by atoms with van der Waals surface area (Å²) in [4.78, 5) is 2.46. The summed E-state index contributed by atoms with van der Waals surface area (Å²) in [5, 5.41) is 5.10. The molecule has 0 aliphatic carbocycles. The van der Waals surface area contributed by atoms with E-state index in [9.17, 15) is 0 Å². The summed E-state index contributed by atoms with van der Waals surface area (Å²) in [7, 11) is 0. The highest BCUT2D eigenvalue weighted by molar-refractivity contribution is 7.26. The first-order chi connectivity index (χ1) is 29.8. The molecule has 0 fully saturated rings. The van der Waals surface area contributed by atoms with E-state index in [-0.39, 0.29) is 0 Å². The van der Waals surface area contributed by atoms with Gasteiger partial charge in [-0.2, -0.15) is 0 Å². The van der Waals surface area contributed by atoms with Gasteiger partial charge in [-0.1, -0.05) is 194 Å². The van der Waals surface area contributed by atoms with Crippen molar-refractivity contribution in [1.82, 2.24) is 0 Å². The second-order valence-corrected chi connectivity index (χ2v) is 16.3. The molecule has 0 saturated heterocycles. The average Bonchev–Trinajstić information content (AvgIpc) is 3.71. The van der Waals surface area contributed by atoms with Gasteiger partial charge in [0.05, 0.1) is 5.69 Å². The topological polar surface area (TPSA) is 3.24 Å². The van der Waals surface area contributed by atoms with Crippen LogP contribution in [0.4, 0.5) is 17.1 Å². The van der Waals surface area contributed by atoms with Crippen LogP contribution in [-0.4, -0.2) is 0 Å².